The van der Waals surface area contributed by atoms with E-state index in [0.29, 0.717) is 27.4 Å². The number of nitrogen functional groups attached to an aromatic ring is 6. The Hall–Kier alpha value is -12.8. The SMILES string of the molecule is CC(C)(O)c1nc(Oc2ccc(N)c(C(C)(C)O)n2)ccc1N.CCOC(=O)c1[nH]c(=O)ccc1N.CCOC(=O)c1nc(Br)ccc1[N+](=O)[O-].CCOC(=O)c1nc(Oc2ccc(N)c(C(=O)OCC)n2)ccc1N.CCOC(=O)c1nc(Oc2ccc([N+](=O)[O-])c(C(=O)OCC)n2)ccc1N. The van der Waals surface area contributed by atoms with Crippen LogP contribution in [-0.2, 0) is 39.6 Å². The predicted molar refractivity (Wildman–Crippen MR) is 371 cm³/mol. The zero-order chi connectivity index (χ0) is 77.1. The summed E-state index contributed by atoms with van der Waals surface area (Å²) in [5.74, 6) is -4.08. The summed E-state index contributed by atoms with van der Waals surface area (Å²) in [4.78, 5) is 131. The number of nitrogens with zero attached hydrogens (tertiary/aromatic N) is 9. The van der Waals surface area contributed by atoms with Gasteiger partial charge in [0, 0.05) is 54.6 Å². The molecule has 0 radical (unpaired) electrons. The van der Waals surface area contributed by atoms with Gasteiger partial charge in [0.05, 0.1) is 95.0 Å². The summed E-state index contributed by atoms with van der Waals surface area (Å²) in [6.45, 7) is 17.1. The number of halogens is 1. The van der Waals surface area contributed by atoms with Crippen LogP contribution in [0.25, 0.3) is 0 Å². The molecule has 15 N–H and O–H groups in total. The van der Waals surface area contributed by atoms with Crippen LogP contribution in [0.15, 0.2) is 106 Å². The van der Waals surface area contributed by atoms with Crippen molar-refractivity contribution >= 4 is 97.2 Å². The summed E-state index contributed by atoms with van der Waals surface area (Å²) in [7, 11) is 0. The lowest BCUT2D eigenvalue weighted by molar-refractivity contribution is -0.385. The van der Waals surface area contributed by atoms with E-state index in [4.69, 9.17) is 67.6 Å². The summed E-state index contributed by atoms with van der Waals surface area (Å²) in [5, 5.41) is 41.8. The van der Waals surface area contributed by atoms with Gasteiger partial charge in [-0.25, -0.2) is 58.7 Å². The van der Waals surface area contributed by atoms with Crippen molar-refractivity contribution in [1.29, 1.82) is 0 Å². The maximum atomic E-state index is 11.9. The van der Waals surface area contributed by atoms with E-state index in [1.165, 1.54) is 66.7 Å². The molecule has 0 saturated heterocycles. The highest BCUT2D eigenvalue weighted by atomic mass is 79.9. The van der Waals surface area contributed by atoms with Crippen molar-refractivity contribution in [3.63, 3.8) is 0 Å². The Morgan fingerprint density at radius 1 is 0.398 bits per heavy atom. The largest absolute Gasteiger partial charge is 0.461 e. The first-order valence-electron chi connectivity index (χ1n) is 30.3. The first kappa shape index (κ1) is 82.6. The Labute approximate surface area is 593 Å². The number of nitrogens with one attached hydrogen (secondary N) is 1. The molecular formula is C64H73BrN16O22. The molecule has 8 rings (SSSR count). The van der Waals surface area contributed by atoms with Crippen molar-refractivity contribution < 1.29 is 91.5 Å². The average Bonchev–Trinajstić information content (AvgIpc) is 0.829. The van der Waals surface area contributed by atoms with Gasteiger partial charge in [0.25, 0.3) is 0 Å². The Balaban J connectivity index is 0.000000279. The molecule has 0 spiro atoms. The fraction of sp³-hybridized carbons (Fsp3) is 0.281. The molecule has 0 aliphatic carbocycles. The molecule has 0 unspecified atom stereocenters. The van der Waals surface area contributed by atoms with Gasteiger partial charge < -0.3 is 92.2 Å². The van der Waals surface area contributed by atoms with E-state index in [1.54, 1.807) is 93.5 Å². The van der Waals surface area contributed by atoms with Crippen molar-refractivity contribution in [3.8, 4) is 35.3 Å². The lowest BCUT2D eigenvalue weighted by Gasteiger charge is -2.20. The highest BCUT2D eigenvalue weighted by molar-refractivity contribution is 9.10. The first-order chi connectivity index (χ1) is 48.5. The molecule has 0 aromatic carbocycles. The van der Waals surface area contributed by atoms with Crippen LogP contribution in [0.2, 0.25) is 0 Å². The number of carbonyl (C=O) groups is 6. The molecule has 0 saturated carbocycles. The number of hydrogen-bond donors (Lipinski definition) is 9. The summed E-state index contributed by atoms with van der Waals surface area (Å²) in [5.41, 5.74) is 31.4. The van der Waals surface area contributed by atoms with E-state index in [1.807, 2.05) is 0 Å². The number of carbonyl (C=O) groups excluding carboxylic acids is 6. The van der Waals surface area contributed by atoms with Crippen LogP contribution in [0, 0.1) is 20.2 Å². The molecule has 0 aliphatic rings. The zero-order valence-corrected chi connectivity index (χ0v) is 58.5. The number of ether oxygens (including phenoxy) is 9. The van der Waals surface area contributed by atoms with Crippen LogP contribution in [0.5, 0.6) is 35.3 Å². The number of aromatic nitrogens is 8. The first-order valence-corrected chi connectivity index (χ1v) is 31.1. The highest BCUT2D eigenvalue weighted by Gasteiger charge is 2.28. The second kappa shape index (κ2) is 38.5. The van der Waals surface area contributed by atoms with Crippen molar-refractivity contribution in [2.24, 2.45) is 0 Å². The van der Waals surface area contributed by atoms with Gasteiger partial charge in [0.1, 0.15) is 15.8 Å². The minimum absolute atomic E-state index is 0.00866. The second-order valence-corrected chi connectivity index (χ2v) is 21.7. The van der Waals surface area contributed by atoms with Crippen LogP contribution in [-0.4, -0.2) is 135 Å². The third kappa shape index (κ3) is 24.9. The number of H-pyrrole nitrogens is 1. The zero-order valence-electron chi connectivity index (χ0n) is 56.9. The van der Waals surface area contributed by atoms with Gasteiger partial charge >= 0.3 is 47.2 Å². The van der Waals surface area contributed by atoms with E-state index in [0.717, 1.165) is 6.07 Å². The Bertz CT molecular complexity index is 4310. The number of nitro groups is 2. The molecular weight excluding hydrogens is 1420 g/mol. The van der Waals surface area contributed by atoms with Crippen LogP contribution in [0.3, 0.4) is 0 Å². The van der Waals surface area contributed by atoms with Crippen molar-refractivity contribution in [3.05, 3.63) is 178 Å². The van der Waals surface area contributed by atoms with Gasteiger partial charge in [0.15, 0.2) is 22.8 Å². The summed E-state index contributed by atoms with van der Waals surface area (Å²) in [6.07, 6.45) is 0. The Morgan fingerprint density at radius 3 is 0.981 bits per heavy atom. The van der Waals surface area contributed by atoms with Crippen molar-refractivity contribution in [2.45, 2.75) is 80.4 Å². The van der Waals surface area contributed by atoms with Crippen LogP contribution < -0.4 is 54.2 Å². The number of nitrogens with two attached hydrogens (primary N) is 6. The van der Waals surface area contributed by atoms with Gasteiger partial charge in [-0.05, 0) is 128 Å². The number of aliphatic hydroxyl groups is 2. The number of rotatable bonds is 22. The summed E-state index contributed by atoms with van der Waals surface area (Å²) in [6, 6.07) is 22.4. The van der Waals surface area contributed by atoms with Gasteiger partial charge in [0.2, 0.25) is 52.2 Å². The van der Waals surface area contributed by atoms with Gasteiger partial charge in [-0.3, -0.25) is 25.0 Å². The van der Waals surface area contributed by atoms with Crippen LogP contribution in [0.4, 0.5) is 45.5 Å². The van der Waals surface area contributed by atoms with Crippen LogP contribution in [0.1, 0.15) is 144 Å². The molecule has 0 aliphatic heterocycles. The molecule has 8 heterocycles. The van der Waals surface area contributed by atoms with Crippen LogP contribution >= 0.6 is 15.9 Å². The monoisotopic (exact) mass is 1500 g/mol. The lowest BCUT2D eigenvalue weighted by Crippen LogP contribution is -2.20. The molecule has 0 amide bonds. The highest BCUT2D eigenvalue weighted by Crippen LogP contribution is 2.32. The number of anilines is 6. The number of pyridine rings is 8. The standard InChI is InChI=1S/C16H16N4O7.C16H18N4O5.C16H22N4O3.C8H7BrN2O4.C8H10N2O3/c1-3-25-15(21)13-9(17)5-7-11(18-13)27-12-8-6-10(20(23)24)14(19-12)16(22)26-4-2;1-3-23-15(21)13-9(17)5-7-11(19-13)25-12-8-6-10(18)14(20-12)16(22)24-4-2;1-15(2,21)13-9(17)5-7-11(19-13)23-12-8-6-10(18)14(20-12)16(3,4)22;1-2-15-8(12)7-5(11(13)14)3-4-6(9)10-7;1-2-13-8(12)7-5(9)3-4-6(11)10-7/h5-8H,3-4,17H2,1-2H3;5-8H,3-4,17-18H2,1-2H3;5-8,21-22H,17-18H2,1-4H3;3-4H,2H2,1H3;3-4H,2,9H2,1H3,(H,10,11). The fourth-order valence-corrected chi connectivity index (χ4v) is 8.01. The molecule has 0 bridgehead atoms. The third-order valence-corrected chi connectivity index (χ3v) is 12.6. The molecule has 38 nitrogen and oxygen atoms in total. The van der Waals surface area contributed by atoms with E-state index in [2.05, 4.69) is 65.3 Å². The number of esters is 6. The molecule has 8 aromatic heterocycles. The number of hydrogen-bond acceptors (Lipinski definition) is 35. The molecule has 8 aromatic rings. The summed E-state index contributed by atoms with van der Waals surface area (Å²) >= 11 is 3.02. The van der Waals surface area contributed by atoms with E-state index in [9.17, 15) is 64.0 Å². The summed E-state index contributed by atoms with van der Waals surface area (Å²) < 4.78 is 45.5. The minimum atomic E-state index is -1.20. The number of aromatic amines is 1. The molecule has 103 heavy (non-hydrogen) atoms. The van der Waals surface area contributed by atoms with E-state index < -0.39 is 68.2 Å². The Morgan fingerprint density at radius 2 is 0.660 bits per heavy atom. The molecule has 0 atom stereocenters. The van der Waals surface area contributed by atoms with Gasteiger partial charge in [-0.2, -0.15) is 4.98 Å². The van der Waals surface area contributed by atoms with Gasteiger partial charge in [-0.15, -0.1) is 0 Å². The third-order valence-electron chi connectivity index (χ3n) is 12.1. The smallest absolute Gasteiger partial charge is 0.364 e. The quantitative estimate of drug-likeness (QED) is 0.0102. The Kier molecular flexibility index (Phi) is 30.9. The normalized spacial score (nSPS) is 10.5. The lowest BCUT2D eigenvalue weighted by atomic mass is 10.0. The van der Waals surface area contributed by atoms with E-state index >= 15 is 0 Å². The molecule has 548 valence electrons. The maximum Gasteiger partial charge on any atom is 0.364 e. The maximum absolute atomic E-state index is 11.9. The van der Waals surface area contributed by atoms with Crippen molar-refractivity contribution in [1.82, 2.24) is 39.9 Å². The fourth-order valence-electron chi connectivity index (χ4n) is 7.71. The van der Waals surface area contributed by atoms with Crippen molar-refractivity contribution in [2.75, 3.05) is 74.0 Å². The molecule has 0 fully saturated rings. The predicted octanol–water partition coefficient (Wildman–Crippen LogP) is 7.85. The van der Waals surface area contributed by atoms with Gasteiger partial charge in [-0.1, -0.05) is 0 Å². The van der Waals surface area contributed by atoms with E-state index in [-0.39, 0.29) is 137 Å². The topological polar surface area (TPSA) is 591 Å². The second-order valence-electron chi connectivity index (χ2n) is 20.9. The average molecular weight is 1500 g/mol. The minimum Gasteiger partial charge on any atom is -0.461 e. The molecule has 39 heteroatoms.